The molecule has 2 aromatic carbocycles. The predicted molar refractivity (Wildman–Crippen MR) is 114 cm³/mol. The fourth-order valence-corrected chi connectivity index (χ4v) is 3.99. The molecule has 2 aromatic rings. The van der Waals surface area contributed by atoms with Gasteiger partial charge in [-0.1, -0.05) is 12.1 Å². The number of rotatable bonds is 4. The molecular weight excluding hydrogens is 396 g/mol. The summed E-state index contributed by atoms with van der Waals surface area (Å²) >= 11 is 0. The van der Waals surface area contributed by atoms with Gasteiger partial charge < -0.3 is 9.64 Å². The second kappa shape index (κ2) is 8.34. The maximum absolute atomic E-state index is 13.0. The molecular formula is C24H24N2O5. The number of benzene rings is 2. The van der Waals surface area contributed by atoms with E-state index in [2.05, 4.69) is 0 Å². The van der Waals surface area contributed by atoms with Gasteiger partial charge >= 0.3 is 5.97 Å². The number of amides is 3. The number of hydrogen-bond donors (Lipinski definition) is 0. The zero-order chi connectivity index (χ0) is 22.1. The van der Waals surface area contributed by atoms with Crippen molar-refractivity contribution in [1.82, 2.24) is 4.90 Å². The number of fused-ring (bicyclic) bond motifs is 1. The number of piperidine rings is 1. The van der Waals surface area contributed by atoms with Crippen LogP contribution in [0.4, 0.5) is 5.69 Å². The van der Waals surface area contributed by atoms with E-state index in [0.29, 0.717) is 18.8 Å². The molecule has 0 aliphatic carbocycles. The van der Waals surface area contributed by atoms with E-state index < -0.39 is 17.8 Å². The minimum Gasteiger partial charge on any atom is -0.452 e. The monoisotopic (exact) mass is 420 g/mol. The number of esters is 1. The third-order valence-corrected chi connectivity index (χ3v) is 5.76. The third kappa shape index (κ3) is 3.95. The molecule has 7 heteroatoms. The van der Waals surface area contributed by atoms with Crippen molar-refractivity contribution in [3.8, 4) is 0 Å². The predicted octanol–water partition coefficient (Wildman–Crippen LogP) is 3.27. The van der Waals surface area contributed by atoms with Gasteiger partial charge in [-0.25, -0.2) is 9.69 Å². The van der Waals surface area contributed by atoms with Gasteiger partial charge in [-0.15, -0.1) is 0 Å². The first kappa shape index (κ1) is 20.8. The smallest absolute Gasteiger partial charge is 0.338 e. The van der Waals surface area contributed by atoms with Gasteiger partial charge in [0.05, 0.1) is 22.4 Å². The molecule has 0 saturated carbocycles. The Kier molecular flexibility index (Phi) is 5.59. The Morgan fingerprint density at radius 3 is 2.35 bits per heavy atom. The standard InChI is InChI=1S/C24H24N2O5/c1-15-6-7-16(2)20(12-15)26-22(28)18-9-8-17(13-19(18)23(26)29)24(30)31-14-21(27)25-10-4-3-5-11-25/h6-9,12-13H,3-5,10-11,14H2,1-2H3. The Hall–Kier alpha value is -3.48. The molecule has 0 atom stereocenters. The summed E-state index contributed by atoms with van der Waals surface area (Å²) < 4.78 is 5.17. The average Bonchev–Trinajstić information content (AvgIpc) is 3.03. The molecule has 0 radical (unpaired) electrons. The van der Waals surface area contributed by atoms with E-state index in [-0.39, 0.29) is 29.2 Å². The maximum atomic E-state index is 13.0. The van der Waals surface area contributed by atoms with Gasteiger partial charge in [-0.05, 0) is 68.5 Å². The van der Waals surface area contributed by atoms with E-state index in [1.807, 2.05) is 26.0 Å². The Morgan fingerprint density at radius 1 is 0.903 bits per heavy atom. The molecule has 1 saturated heterocycles. The molecule has 2 aliphatic heterocycles. The number of likely N-dealkylation sites (tertiary alicyclic amines) is 1. The minimum atomic E-state index is -0.696. The Labute approximate surface area is 180 Å². The van der Waals surface area contributed by atoms with Crippen molar-refractivity contribution >= 4 is 29.4 Å². The van der Waals surface area contributed by atoms with Gasteiger partial charge in [-0.2, -0.15) is 0 Å². The lowest BCUT2D eigenvalue weighted by atomic mass is 10.1. The van der Waals surface area contributed by atoms with Crippen LogP contribution in [0.3, 0.4) is 0 Å². The second-order valence-corrected chi connectivity index (χ2v) is 8.01. The highest BCUT2D eigenvalue weighted by Crippen LogP contribution is 2.31. The number of anilines is 1. The normalized spacial score (nSPS) is 15.8. The molecule has 3 amide bonds. The lowest BCUT2D eigenvalue weighted by molar-refractivity contribution is -0.135. The highest BCUT2D eigenvalue weighted by atomic mass is 16.5. The quantitative estimate of drug-likeness (QED) is 0.560. The molecule has 1 fully saturated rings. The first-order valence-corrected chi connectivity index (χ1v) is 10.4. The molecule has 0 bridgehead atoms. The Bertz CT molecular complexity index is 1090. The molecule has 31 heavy (non-hydrogen) atoms. The van der Waals surface area contributed by atoms with E-state index in [1.165, 1.54) is 18.2 Å². The van der Waals surface area contributed by atoms with Gasteiger partial charge in [-0.3, -0.25) is 14.4 Å². The molecule has 7 nitrogen and oxygen atoms in total. The fourth-order valence-electron chi connectivity index (χ4n) is 3.99. The van der Waals surface area contributed by atoms with Crippen LogP contribution in [0.1, 0.15) is 61.5 Å². The van der Waals surface area contributed by atoms with E-state index in [4.69, 9.17) is 4.74 Å². The zero-order valence-electron chi connectivity index (χ0n) is 17.6. The van der Waals surface area contributed by atoms with Crippen LogP contribution in [0.5, 0.6) is 0 Å². The molecule has 2 heterocycles. The third-order valence-electron chi connectivity index (χ3n) is 5.76. The van der Waals surface area contributed by atoms with E-state index >= 15 is 0 Å². The van der Waals surface area contributed by atoms with Crippen LogP contribution in [0.25, 0.3) is 0 Å². The number of carbonyl (C=O) groups excluding carboxylic acids is 4. The van der Waals surface area contributed by atoms with Crippen molar-refractivity contribution in [1.29, 1.82) is 0 Å². The number of hydrogen-bond acceptors (Lipinski definition) is 5. The van der Waals surface area contributed by atoms with Gasteiger partial charge in [0.1, 0.15) is 0 Å². The molecule has 0 aromatic heterocycles. The maximum Gasteiger partial charge on any atom is 0.338 e. The zero-order valence-corrected chi connectivity index (χ0v) is 17.6. The van der Waals surface area contributed by atoms with E-state index in [9.17, 15) is 19.2 Å². The highest BCUT2D eigenvalue weighted by molar-refractivity contribution is 6.35. The number of imide groups is 1. The summed E-state index contributed by atoms with van der Waals surface area (Å²) in [6.45, 7) is 4.75. The van der Waals surface area contributed by atoms with E-state index in [1.54, 1.807) is 11.0 Å². The summed E-state index contributed by atoms with van der Waals surface area (Å²) in [7, 11) is 0. The molecule has 4 rings (SSSR count). The first-order chi connectivity index (χ1) is 14.9. The van der Waals surface area contributed by atoms with Gasteiger partial charge in [0.25, 0.3) is 17.7 Å². The molecule has 160 valence electrons. The summed E-state index contributed by atoms with van der Waals surface area (Å²) in [5, 5.41) is 0. The van der Waals surface area contributed by atoms with Gasteiger partial charge in [0.15, 0.2) is 6.61 Å². The van der Waals surface area contributed by atoms with Crippen molar-refractivity contribution in [2.45, 2.75) is 33.1 Å². The Morgan fingerprint density at radius 2 is 1.61 bits per heavy atom. The number of aryl methyl sites for hydroxylation is 2. The van der Waals surface area contributed by atoms with E-state index in [0.717, 1.165) is 35.3 Å². The van der Waals surface area contributed by atoms with Crippen molar-refractivity contribution in [3.63, 3.8) is 0 Å². The van der Waals surface area contributed by atoms with Crippen LogP contribution in [0, 0.1) is 13.8 Å². The summed E-state index contributed by atoms with van der Waals surface area (Å²) in [6, 6.07) is 9.84. The largest absolute Gasteiger partial charge is 0.452 e. The average molecular weight is 420 g/mol. The highest BCUT2D eigenvalue weighted by Gasteiger charge is 2.38. The van der Waals surface area contributed by atoms with Crippen LogP contribution in [-0.4, -0.2) is 48.3 Å². The molecule has 2 aliphatic rings. The fraction of sp³-hybridized carbons (Fsp3) is 0.333. The van der Waals surface area contributed by atoms with Gasteiger partial charge in [0, 0.05) is 13.1 Å². The van der Waals surface area contributed by atoms with Crippen molar-refractivity contribution < 1.29 is 23.9 Å². The van der Waals surface area contributed by atoms with Crippen LogP contribution in [-0.2, 0) is 9.53 Å². The topological polar surface area (TPSA) is 84.0 Å². The molecule has 0 spiro atoms. The van der Waals surface area contributed by atoms with Crippen molar-refractivity contribution in [3.05, 3.63) is 64.2 Å². The minimum absolute atomic E-state index is 0.133. The van der Waals surface area contributed by atoms with Crippen LogP contribution >= 0.6 is 0 Å². The second-order valence-electron chi connectivity index (χ2n) is 8.01. The van der Waals surface area contributed by atoms with Crippen molar-refractivity contribution in [2.24, 2.45) is 0 Å². The van der Waals surface area contributed by atoms with Crippen LogP contribution in [0.2, 0.25) is 0 Å². The van der Waals surface area contributed by atoms with Crippen LogP contribution in [0.15, 0.2) is 36.4 Å². The van der Waals surface area contributed by atoms with Crippen molar-refractivity contribution in [2.75, 3.05) is 24.6 Å². The number of nitrogens with zero attached hydrogens (tertiary/aromatic N) is 2. The first-order valence-electron chi connectivity index (χ1n) is 10.4. The Balaban J connectivity index is 1.51. The van der Waals surface area contributed by atoms with Gasteiger partial charge in [0.2, 0.25) is 0 Å². The van der Waals surface area contributed by atoms with Crippen LogP contribution < -0.4 is 4.90 Å². The number of ether oxygens (including phenoxy) is 1. The lowest BCUT2D eigenvalue weighted by Crippen LogP contribution is -2.38. The molecule has 0 unspecified atom stereocenters. The summed E-state index contributed by atoms with van der Waals surface area (Å²) in [5.74, 6) is -1.82. The number of carbonyl (C=O) groups is 4. The summed E-state index contributed by atoms with van der Waals surface area (Å²) in [6.07, 6.45) is 3.01. The summed E-state index contributed by atoms with van der Waals surface area (Å²) in [4.78, 5) is 53.4. The summed E-state index contributed by atoms with van der Waals surface area (Å²) in [5.41, 5.74) is 2.79. The lowest BCUT2D eigenvalue weighted by Gasteiger charge is -2.26. The SMILES string of the molecule is Cc1ccc(C)c(N2C(=O)c3ccc(C(=O)OCC(=O)N4CCCCC4)cc3C2=O)c1. The molecule has 0 N–H and O–H groups in total.